The van der Waals surface area contributed by atoms with Crippen LogP contribution < -0.4 is 4.31 Å². The summed E-state index contributed by atoms with van der Waals surface area (Å²) in [5.41, 5.74) is 0.504. The number of nitrogens with zero attached hydrogens (tertiary/aromatic N) is 2. The van der Waals surface area contributed by atoms with E-state index in [2.05, 4.69) is 10.2 Å². The highest BCUT2D eigenvalue weighted by Gasteiger charge is 2.26. The van der Waals surface area contributed by atoms with E-state index in [-0.39, 0.29) is 11.4 Å². The highest BCUT2D eigenvalue weighted by molar-refractivity contribution is 7.92. The molecule has 7 heteroatoms. The molecule has 0 spiro atoms. The minimum absolute atomic E-state index is 0.0163. The SMILES string of the molecule is C[C@@H](O)CN(c1ccccc1)S(=O)(=O)c1cn[nH]c1. The lowest BCUT2D eigenvalue weighted by molar-refractivity contribution is 0.204. The standard InChI is InChI=1S/C12H15N3O3S/c1-10(16)9-15(11-5-3-2-4-6-11)19(17,18)12-7-13-14-8-12/h2-8,10,16H,9H2,1H3,(H,13,14)/t10-/m1/s1. The number of benzene rings is 1. The third kappa shape index (κ3) is 2.94. The number of para-hydroxylation sites is 1. The molecule has 0 aliphatic heterocycles. The summed E-state index contributed by atoms with van der Waals surface area (Å²) in [4.78, 5) is 0.0667. The summed E-state index contributed by atoms with van der Waals surface area (Å²) in [7, 11) is -3.73. The second kappa shape index (κ2) is 5.41. The van der Waals surface area contributed by atoms with Crippen LogP contribution in [-0.2, 0) is 10.0 Å². The Morgan fingerprint density at radius 3 is 2.58 bits per heavy atom. The molecule has 2 N–H and O–H groups in total. The minimum Gasteiger partial charge on any atom is -0.392 e. The highest BCUT2D eigenvalue weighted by Crippen LogP contribution is 2.22. The van der Waals surface area contributed by atoms with Crippen molar-refractivity contribution < 1.29 is 13.5 Å². The van der Waals surface area contributed by atoms with Crippen LogP contribution in [0.5, 0.6) is 0 Å². The van der Waals surface area contributed by atoms with E-state index in [0.29, 0.717) is 5.69 Å². The quantitative estimate of drug-likeness (QED) is 0.855. The van der Waals surface area contributed by atoms with Crippen molar-refractivity contribution in [2.24, 2.45) is 0 Å². The summed E-state index contributed by atoms with van der Waals surface area (Å²) < 4.78 is 26.1. The number of aromatic nitrogens is 2. The molecule has 0 fully saturated rings. The normalized spacial score (nSPS) is 13.2. The topological polar surface area (TPSA) is 86.3 Å². The van der Waals surface area contributed by atoms with Crippen LogP contribution in [0.1, 0.15) is 6.92 Å². The summed E-state index contributed by atoms with van der Waals surface area (Å²) in [5.74, 6) is 0. The van der Waals surface area contributed by atoms with Gasteiger partial charge in [0, 0.05) is 6.20 Å². The van der Waals surface area contributed by atoms with Crippen LogP contribution in [0.25, 0.3) is 0 Å². The molecule has 1 aromatic carbocycles. The van der Waals surface area contributed by atoms with Crippen LogP contribution >= 0.6 is 0 Å². The summed E-state index contributed by atoms with van der Waals surface area (Å²) in [6.07, 6.45) is 1.78. The van der Waals surface area contributed by atoms with Gasteiger partial charge < -0.3 is 5.11 Å². The molecule has 0 bridgehead atoms. The first kappa shape index (κ1) is 13.6. The van der Waals surface area contributed by atoms with Crippen molar-refractivity contribution in [3.05, 3.63) is 42.7 Å². The molecule has 2 rings (SSSR count). The van der Waals surface area contributed by atoms with Crippen molar-refractivity contribution in [2.45, 2.75) is 17.9 Å². The van der Waals surface area contributed by atoms with Gasteiger partial charge in [0.05, 0.1) is 24.5 Å². The van der Waals surface area contributed by atoms with Crippen molar-refractivity contribution in [3.63, 3.8) is 0 Å². The van der Waals surface area contributed by atoms with Crippen LogP contribution in [0.4, 0.5) is 5.69 Å². The van der Waals surface area contributed by atoms with Crippen molar-refractivity contribution in [1.82, 2.24) is 10.2 Å². The lowest BCUT2D eigenvalue weighted by Crippen LogP contribution is -2.36. The first-order chi connectivity index (χ1) is 9.01. The molecule has 1 atom stereocenters. The number of anilines is 1. The van der Waals surface area contributed by atoms with Crippen LogP contribution in [0.2, 0.25) is 0 Å². The number of sulfonamides is 1. The molecule has 2 aromatic rings. The minimum atomic E-state index is -3.73. The molecule has 0 saturated carbocycles. The second-order valence-electron chi connectivity index (χ2n) is 4.15. The van der Waals surface area contributed by atoms with Gasteiger partial charge in [0.2, 0.25) is 0 Å². The van der Waals surface area contributed by atoms with Crippen LogP contribution in [-0.4, -0.2) is 36.4 Å². The Labute approximate surface area is 111 Å². The molecule has 19 heavy (non-hydrogen) atoms. The number of rotatable bonds is 5. The zero-order chi connectivity index (χ0) is 13.9. The molecule has 0 unspecified atom stereocenters. The van der Waals surface area contributed by atoms with Gasteiger partial charge in [0.25, 0.3) is 10.0 Å². The molecular weight excluding hydrogens is 266 g/mol. The number of aliphatic hydroxyl groups excluding tert-OH is 1. The summed E-state index contributed by atoms with van der Waals surface area (Å²) in [6.45, 7) is 1.53. The zero-order valence-corrected chi connectivity index (χ0v) is 11.2. The average molecular weight is 281 g/mol. The van der Waals surface area contributed by atoms with Gasteiger partial charge in [-0.2, -0.15) is 5.10 Å². The summed E-state index contributed by atoms with van der Waals surface area (Å²) in [5, 5.41) is 15.6. The van der Waals surface area contributed by atoms with Gasteiger partial charge in [-0.3, -0.25) is 9.40 Å². The number of hydrogen-bond acceptors (Lipinski definition) is 4. The summed E-state index contributed by atoms with van der Waals surface area (Å²) in [6, 6.07) is 8.65. The van der Waals surface area contributed by atoms with E-state index in [9.17, 15) is 13.5 Å². The molecule has 1 aromatic heterocycles. The largest absolute Gasteiger partial charge is 0.392 e. The fourth-order valence-corrected chi connectivity index (χ4v) is 3.14. The number of nitrogens with one attached hydrogen (secondary N) is 1. The maximum atomic E-state index is 12.5. The van der Waals surface area contributed by atoms with Gasteiger partial charge in [-0.05, 0) is 19.1 Å². The Balaban J connectivity index is 2.44. The first-order valence-electron chi connectivity index (χ1n) is 5.76. The molecular formula is C12H15N3O3S. The highest BCUT2D eigenvalue weighted by atomic mass is 32.2. The molecule has 6 nitrogen and oxygen atoms in total. The number of aliphatic hydroxyl groups is 1. The fraction of sp³-hybridized carbons (Fsp3) is 0.250. The van der Waals surface area contributed by atoms with E-state index in [1.54, 1.807) is 37.3 Å². The molecule has 0 radical (unpaired) electrons. The third-order valence-electron chi connectivity index (χ3n) is 2.54. The Bertz CT molecular complexity index is 609. The van der Waals surface area contributed by atoms with Crippen LogP contribution in [0.3, 0.4) is 0 Å². The lowest BCUT2D eigenvalue weighted by Gasteiger charge is -2.24. The first-order valence-corrected chi connectivity index (χ1v) is 7.20. The molecule has 0 aliphatic rings. The van der Waals surface area contributed by atoms with E-state index in [4.69, 9.17) is 0 Å². The molecule has 102 valence electrons. The van der Waals surface area contributed by atoms with Crippen LogP contribution in [0, 0.1) is 0 Å². The molecule has 0 amide bonds. The zero-order valence-electron chi connectivity index (χ0n) is 10.4. The Morgan fingerprint density at radius 1 is 1.37 bits per heavy atom. The van der Waals surface area contributed by atoms with Gasteiger partial charge in [0.1, 0.15) is 4.90 Å². The van der Waals surface area contributed by atoms with Crippen LogP contribution in [0.15, 0.2) is 47.6 Å². The maximum absolute atomic E-state index is 12.5. The van der Waals surface area contributed by atoms with Gasteiger partial charge in [-0.25, -0.2) is 8.42 Å². The molecule has 0 saturated heterocycles. The Morgan fingerprint density at radius 2 is 2.05 bits per heavy atom. The molecule has 0 aliphatic carbocycles. The van der Waals surface area contributed by atoms with Crippen molar-refractivity contribution in [1.29, 1.82) is 0 Å². The predicted octanol–water partition coefficient (Wildman–Crippen LogP) is 0.986. The van der Waals surface area contributed by atoms with E-state index in [0.717, 1.165) is 0 Å². The third-order valence-corrected chi connectivity index (χ3v) is 4.29. The van der Waals surface area contributed by atoms with Gasteiger partial charge in [-0.1, -0.05) is 18.2 Å². The van der Waals surface area contributed by atoms with Gasteiger partial charge >= 0.3 is 0 Å². The van der Waals surface area contributed by atoms with Crippen molar-refractivity contribution in [3.8, 4) is 0 Å². The Hall–Kier alpha value is -1.86. The van der Waals surface area contributed by atoms with Crippen molar-refractivity contribution in [2.75, 3.05) is 10.8 Å². The number of hydrogen-bond donors (Lipinski definition) is 2. The van der Waals surface area contributed by atoms with E-state index in [1.165, 1.54) is 16.7 Å². The van der Waals surface area contributed by atoms with Gasteiger partial charge in [0.15, 0.2) is 0 Å². The Kier molecular flexibility index (Phi) is 3.87. The number of H-pyrrole nitrogens is 1. The van der Waals surface area contributed by atoms with E-state index in [1.807, 2.05) is 0 Å². The summed E-state index contributed by atoms with van der Waals surface area (Å²) >= 11 is 0. The molecule has 1 heterocycles. The maximum Gasteiger partial charge on any atom is 0.267 e. The number of aromatic amines is 1. The average Bonchev–Trinajstić information content (AvgIpc) is 2.91. The second-order valence-corrected chi connectivity index (χ2v) is 6.02. The van der Waals surface area contributed by atoms with E-state index >= 15 is 0 Å². The van der Waals surface area contributed by atoms with E-state index < -0.39 is 16.1 Å². The predicted molar refractivity (Wildman–Crippen MR) is 71.2 cm³/mol. The van der Waals surface area contributed by atoms with Crippen molar-refractivity contribution >= 4 is 15.7 Å². The smallest absolute Gasteiger partial charge is 0.267 e. The monoisotopic (exact) mass is 281 g/mol. The fourth-order valence-electron chi connectivity index (χ4n) is 1.68. The lowest BCUT2D eigenvalue weighted by atomic mass is 10.3. The van der Waals surface area contributed by atoms with Gasteiger partial charge in [-0.15, -0.1) is 0 Å².